The van der Waals surface area contributed by atoms with Gasteiger partial charge in [-0.3, -0.25) is 9.69 Å². The van der Waals surface area contributed by atoms with Crippen molar-refractivity contribution in [2.45, 2.75) is 6.54 Å². The van der Waals surface area contributed by atoms with Crippen LogP contribution in [0.1, 0.15) is 10.4 Å². The smallest absolute Gasteiger partial charge is 0.234 e. The Balaban J connectivity index is 2.03. The number of hydrogen-bond donors (Lipinski definition) is 2. The SMILES string of the molecule is O=C1CN(Cc2sccc2C#CCO)CCN1. The first-order valence-corrected chi connectivity index (χ1v) is 6.32. The Morgan fingerprint density at radius 1 is 1.59 bits per heavy atom. The molecule has 1 aliphatic rings. The number of carbonyl (C=O) groups is 1. The van der Waals surface area contributed by atoms with Crippen molar-refractivity contribution < 1.29 is 9.90 Å². The summed E-state index contributed by atoms with van der Waals surface area (Å²) in [7, 11) is 0. The molecule has 1 aromatic rings. The summed E-state index contributed by atoms with van der Waals surface area (Å²) in [4.78, 5) is 14.5. The number of hydrogen-bond acceptors (Lipinski definition) is 4. The zero-order valence-corrected chi connectivity index (χ0v) is 10.2. The quantitative estimate of drug-likeness (QED) is 0.728. The van der Waals surface area contributed by atoms with Crippen molar-refractivity contribution in [2.75, 3.05) is 26.2 Å². The molecule has 90 valence electrons. The molecule has 5 heteroatoms. The third kappa shape index (κ3) is 3.30. The number of piperazine rings is 1. The zero-order valence-electron chi connectivity index (χ0n) is 9.40. The minimum absolute atomic E-state index is 0.0794. The Hall–Kier alpha value is -1.35. The number of aliphatic hydroxyl groups is 1. The van der Waals surface area contributed by atoms with E-state index in [9.17, 15) is 4.79 Å². The third-order valence-corrected chi connectivity index (χ3v) is 3.44. The summed E-state index contributed by atoms with van der Waals surface area (Å²) in [5.41, 5.74) is 0.954. The fourth-order valence-electron chi connectivity index (χ4n) is 1.74. The summed E-state index contributed by atoms with van der Waals surface area (Å²) in [5, 5.41) is 13.5. The summed E-state index contributed by atoms with van der Waals surface area (Å²) in [6.45, 7) is 2.66. The molecule has 4 nitrogen and oxygen atoms in total. The van der Waals surface area contributed by atoms with Gasteiger partial charge in [0.2, 0.25) is 5.91 Å². The molecule has 2 rings (SSSR count). The maximum atomic E-state index is 11.2. The molecule has 1 saturated heterocycles. The Morgan fingerprint density at radius 3 is 3.24 bits per heavy atom. The van der Waals surface area contributed by atoms with E-state index in [0.717, 1.165) is 23.5 Å². The third-order valence-electron chi connectivity index (χ3n) is 2.53. The highest BCUT2D eigenvalue weighted by atomic mass is 32.1. The van der Waals surface area contributed by atoms with Crippen LogP contribution in [0, 0.1) is 11.8 Å². The number of nitrogens with zero attached hydrogens (tertiary/aromatic N) is 1. The lowest BCUT2D eigenvalue weighted by Crippen LogP contribution is -2.47. The van der Waals surface area contributed by atoms with Gasteiger partial charge in [0.15, 0.2) is 0 Å². The molecule has 17 heavy (non-hydrogen) atoms. The topological polar surface area (TPSA) is 52.6 Å². The Labute approximate surface area is 104 Å². The minimum atomic E-state index is -0.124. The van der Waals surface area contributed by atoms with Crippen LogP contribution in [-0.4, -0.2) is 42.2 Å². The second-order valence-corrected chi connectivity index (χ2v) is 4.78. The minimum Gasteiger partial charge on any atom is -0.384 e. The Morgan fingerprint density at radius 2 is 2.47 bits per heavy atom. The monoisotopic (exact) mass is 250 g/mol. The Bertz CT molecular complexity index is 459. The summed E-state index contributed by atoms with van der Waals surface area (Å²) in [6, 6.07) is 1.95. The van der Waals surface area contributed by atoms with E-state index in [1.807, 2.05) is 11.4 Å². The van der Waals surface area contributed by atoms with Gasteiger partial charge in [-0.2, -0.15) is 0 Å². The van der Waals surface area contributed by atoms with Gasteiger partial charge in [0.05, 0.1) is 6.54 Å². The molecule has 0 unspecified atom stereocenters. The number of rotatable bonds is 2. The first-order valence-electron chi connectivity index (χ1n) is 5.45. The molecule has 2 heterocycles. The molecule has 0 saturated carbocycles. The van der Waals surface area contributed by atoms with Gasteiger partial charge in [0, 0.05) is 30.1 Å². The second-order valence-electron chi connectivity index (χ2n) is 3.78. The molecule has 0 atom stereocenters. The van der Waals surface area contributed by atoms with Crippen molar-refractivity contribution in [3.63, 3.8) is 0 Å². The number of carbonyl (C=O) groups excluding carboxylic acids is 1. The highest BCUT2D eigenvalue weighted by Gasteiger charge is 2.17. The van der Waals surface area contributed by atoms with Gasteiger partial charge in [-0.1, -0.05) is 11.8 Å². The van der Waals surface area contributed by atoms with Gasteiger partial charge in [-0.25, -0.2) is 0 Å². The molecule has 0 radical (unpaired) electrons. The molecule has 0 bridgehead atoms. The molecule has 1 aliphatic heterocycles. The molecule has 1 aromatic heterocycles. The van der Waals surface area contributed by atoms with Crippen molar-refractivity contribution in [1.29, 1.82) is 0 Å². The van der Waals surface area contributed by atoms with Gasteiger partial charge in [-0.15, -0.1) is 11.3 Å². The van der Waals surface area contributed by atoms with Crippen LogP contribution in [0.25, 0.3) is 0 Å². The molecular formula is C12H14N2O2S. The summed E-state index contributed by atoms with van der Waals surface area (Å²) < 4.78 is 0. The lowest BCUT2D eigenvalue weighted by atomic mass is 10.2. The van der Waals surface area contributed by atoms with E-state index in [0.29, 0.717) is 13.1 Å². The van der Waals surface area contributed by atoms with E-state index in [1.54, 1.807) is 11.3 Å². The van der Waals surface area contributed by atoms with E-state index >= 15 is 0 Å². The van der Waals surface area contributed by atoms with Crippen molar-refractivity contribution >= 4 is 17.2 Å². The summed E-state index contributed by atoms with van der Waals surface area (Å²) in [5.74, 6) is 5.66. The molecule has 0 aliphatic carbocycles. The number of thiophene rings is 1. The van der Waals surface area contributed by atoms with Crippen molar-refractivity contribution in [3.8, 4) is 11.8 Å². The van der Waals surface area contributed by atoms with Gasteiger partial charge in [0.1, 0.15) is 6.61 Å². The summed E-state index contributed by atoms with van der Waals surface area (Å²) in [6.07, 6.45) is 0. The van der Waals surface area contributed by atoms with Crippen molar-refractivity contribution in [1.82, 2.24) is 10.2 Å². The van der Waals surface area contributed by atoms with Crippen LogP contribution in [-0.2, 0) is 11.3 Å². The van der Waals surface area contributed by atoms with E-state index < -0.39 is 0 Å². The highest BCUT2D eigenvalue weighted by Crippen LogP contribution is 2.18. The lowest BCUT2D eigenvalue weighted by molar-refractivity contribution is -0.124. The average Bonchev–Trinajstić information content (AvgIpc) is 2.74. The van der Waals surface area contributed by atoms with E-state index in [-0.39, 0.29) is 12.5 Å². The predicted octanol–water partition coefficient (Wildman–Crippen LogP) is 0.0237. The fourth-order valence-corrected chi connectivity index (χ4v) is 2.61. The second kappa shape index (κ2) is 5.82. The van der Waals surface area contributed by atoms with Crippen molar-refractivity contribution in [2.24, 2.45) is 0 Å². The van der Waals surface area contributed by atoms with E-state index in [1.165, 1.54) is 0 Å². The van der Waals surface area contributed by atoms with Gasteiger partial charge >= 0.3 is 0 Å². The largest absolute Gasteiger partial charge is 0.384 e. The number of amides is 1. The van der Waals surface area contributed by atoms with Crippen LogP contribution < -0.4 is 5.32 Å². The predicted molar refractivity (Wildman–Crippen MR) is 66.6 cm³/mol. The lowest BCUT2D eigenvalue weighted by Gasteiger charge is -2.25. The summed E-state index contributed by atoms with van der Waals surface area (Å²) >= 11 is 1.64. The Kier molecular flexibility index (Phi) is 4.15. The maximum Gasteiger partial charge on any atom is 0.234 e. The van der Waals surface area contributed by atoms with Crippen LogP contribution in [0.15, 0.2) is 11.4 Å². The van der Waals surface area contributed by atoms with E-state index in [2.05, 4.69) is 22.1 Å². The van der Waals surface area contributed by atoms with E-state index in [4.69, 9.17) is 5.11 Å². The molecule has 1 amide bonds. The maximum absolute atomic E-state index is 11.2. The molecule has 0 spiro atoms. The van der Waals surface area contributed by atoms with Crippen molar-refractivity contribution in [3.05, 3.63) is 21.9 Å². The molecular weight excluding hydrogens is 236 g/mol. The first kappa shape index (κ1) is 12.1. The first-order chi connectivity index (χ1) is 8.29. The van der Waals surface area contributed by atoms with Crippen LogP contribution in [0.2, 0.25) is 0 Å². The molecule has 2 N–H and O–H groups in total. The molecule has 1 fully saturated rings. The standard InChI is InChI=1S/C12H14N2O2S/c15-6-1-2-10-3-7-17-11(10)8-14-5-4-13-12(16)9-14/h3,7,15H,4-6,8-9H2,(H,13,16). The zero-order chi connectivity index (χ0) is 12.1. The highest BCUT2D eigenvalue weighted by molar-refractivity contribution is 7.10. The van der Waals surface area contributed by atoms with Gasteiger partial charge in [-0.05, 0) is 11.4 Å². The van der Waals surface area contributed by atoms with Gasteiger partial charge in [0.25, 0.3) is 0 Å². The molecule has 0 aromatic carbocycles. The van der Waals surface area contributed by atoms with Gasteiger partial charge < -0.3 is 10.4 Å². The average molecular weight is 250 g/mol. The number of nitrogens with one attached hydrogen (secondary N) is 1. The van der Waals surface area contributed by atoms with Crippen LogP contribution in [0.5, 0.6) is 0 Å². The van der Waals surface area contributed by atoms with Crippen LogP contribution in [0.3, 0.4) is 0 Å². The number of aliphatic hydroxyl groups excluding tert-OH is 1. The van der Waals surface area contributed by atoms with Crippen LogP contribution in [0.4, 0.5) is 0 Å². The van der Waals surface area contributed by atoms with Crippen LogP contribution >= 0.6 is 11.3 Å². The fraction of sp³-hybridized carbons (Fsp3) is 0.417. The normalized spacial score (nSPS) is 16.2.